The van der Waals surface area contributed by atoms with Crippen molar-refractivity contribution in [1.29, 1.82) is 0 Å². The van der Waals surface area contributed by atoms with Gasteiger partial charge in [-0.05, 0) is 54.3 Å². The normalized spacial score (nSPS) is 15.6. The Balaban J connectivity index is 1.40. The van der Waals surface area contributed by atoms with Crippen LogP contribution in [-0.2, 0) is 4.79 Å². The molecular weight excluding hydrogens is 626 g/mol. The standard InChI is InChI=1S/C37H47N5O7/c43-24-29(44)34(46)35(47)36(48)37(49)41-23-11-2-1-10-20-38-27-17-7-6-16-26(27)32(42-30-19-9-13-22-40-30)31(28-18-8-12-21-39-28)33(45)25-14-4-3-5-15-25/h3-9,12-19,21-22,29,31-36,38,43-48H,1-2,10-11,20,23-24H2,(H,40,42)(H,41,49)/t29-,31+,32-,33-,34-,35+,36-/m1/s1. The number of aliphatic hydroxyl groups excluding tert-OH is 6. The zero-order valence-electron chi connectivity index (χ0n) is 27.3. The molecule has 0 aliphatic heterocycles. The highest BCUT2D eigenvalue weighted by Gasteiger charge is 2.35. The topological polar surface area (TPSA) is 200 Å². The van der Waals surface area contributed by atoms with Crippen molar-refractivity contribution in [3.8, 4) is 0 Å². The molecule has 9 N–H and O–H groups in total. The molecule has 12 heteroatoms. The lowest BCUT2D eigenvalue weighted by molar-refractivity contribution is -0.148. The van der Waals surface area contributed by atoms with E-state index < -0.39 is 55.0 Å². The van der Waals surface area contributed by atoms with Crippen molar-refractivity contribution in [1.82, 2.24) is 15.3 Å². The Morgan fingerprint density at radius 3 is 2.02 bits per heavy atom. The molecule has 0 saturated heterocycles. The lowest BCUT2D eigenvalue weighted by atomic mass is 9.82. The van der Waals surface area contributed by atoms with E-state index in [0.29, 0.717) is 18.8 Å². The lowest BCUT2D eigenvalue weighted by Gasteiger charge is -2.33. The highest BCUT2D eigenvalue weighted by atomic mass is 16.4. The highest BCUT2D eigenvalue weighted by molar-refractivity contribution is 5.81. The smallest absolute Gasteiger partial charge is 0.251 e. The van der Waals surface area contributed by atoms with Gasteiger partial charge in [-0.25, -0.2) is 4.98 Å². The molecule has 7 atom stereocenters. The summed E-state index contributed by atoms with van der Waals surface area (Å²) in [4.78, 5) is 21.3. The third-order valence-electron chi connectivity index (χ3n) is 8.38. The van der Waals surface area contributed by atoms with Crippen LogP contribution in [0.2, 0.25) is 0 Å². The number of carbonyl (C=O) groups excluding carboxylic acids is 1. The number of unbranched alkanes of at least 4 members (excludes halogenated alkanes) is 3. The molecule has 49 heavy (non-hydrogen) atoms. The van der Waals surface area contributed by atoms with Crippen molar-refractivity contribution in [2.45, 2.75) is 68.2 Å². The first kappa shape index (κ1) is 37.4. The number of nitrogens with one attached hydrogen (secondary N) is 3. The zero-order valence-corrected chi connectivity index (χ0v) is 27.3. The number of pyridine rings is 2. The van der Waals surface area contributed by atoms with E-state index in [4.69, 9.17) is 5.11 Å². The molecule has 0 fully saturated rings. The largest absolute Gasteiger partial charge is 0.394 e. The average Bonchev–Trinajstić information content (AvgIpc) is 3.15. The maximum atomic E-state index is 12.1. The Bertz CT molecular complexity index is 1520. The molecule has 0 unspecified atom stereocenters. The molecule has 0 spiro atoms. The second-order valence-electron chi connectivity index (χ2n) is 11.9. The van der Waals surface area contributed by atoms with E-state index in [0.717, 1.165) is 41.8 Å². The number of aliphatic hydroxyl groups is 6. The van der Waals surface area contributed by atoms with Crippen LogP contribution in [0.1, 0.15) is 60.6 Å². The molecule has 0 bridgehead atoms. The van der Waals surface area contributed by atoms with Crippen LogP contribution in [0.25, 0.3) is 0 Å². The Hall–Kier alpha value is -4.43. The Labute approximate surface area is 286 Å². The maximum absolute atomic E-state index is 12.1. The van der Waals surface area contributed by atoms with Gasteiger partial charge in [-0.2, -0.15) is 0 Å². The minimum Gasteiger partial charge on any atom is -0.394 e. The van der Waals surface area contributed by atoms with E-state index in [2.05, 4.69) is 25.9 Å². The molecular formula is C37H47N5O7. The second kappa shape index (κ2) is 19.5. The Kier molecular flexibility index (Phi) is 14.9. The average molecular weight is 674 g/mol. The van der Waals surface area contributed by atoms with Crippen molar-refractivity contribution in [2.24, 2.45) is 0 Å². The molecule has 262 valence electrons. The third kappa shape index (κ3) is 10.8. The first-order valence-corrected chi connectivity index (χ1v) is 16.6. The van der Waals surface area contributed by atoms with Gasteiger partial charge in [0.1, 0.15) is 24.1 Å². The van der Waals surface area contributed by atoms with Crippen LogP contribution in [0, 0.1) is 0 Å². The van der Waals surface area contributed by atoms with Gasteiger partial charge in [0.15, 0.2) is 6.10 Å². The summed E-state index contributed by atoms with van der Waals surface area (Å²) in [7, 11) is 0. The molecule has 1 amide bonds. The monoisotopic (exact) mass is 673 g/mol. The summed E-state index contributed by atoms with van der Waals surface area (Å²) in [5.41, 5.74) is 3.36. The van der Waals surface area contributed by atoms with E-state index in [9.17, 15) is 30.3 Å². The van der Waals surface area contributed by atoms with Gasteiger partial charge in [0.05, 0.1) is 24.7 Å². The van der Waals surface area contributed by atoms with Crippen LogP contribution in [-0.4, -0.2) is 90.6 Å². The zero-order chi connectivity index (χ0) is 35.0. The van der Waals surface area contributed by atoms with Crippen molar-refractivity contribution >= 4 is 17.4 Å². The Morgan fingerprint density at radius 1 is 0.694 bits per heavy atom. The number of hydrogen-bond acceptors (Lipinski definition) is 11. The van der Waals surface area contributed by atoms with Gasteiger partial charge in [-0.1, -0.05) is 73.5 Å². The number of rotatable bonds is 20. The van der Waals surface area contributed by atoms with Gasteiger partial charge < -0.3 is 46.6 Å². The van der Waals surface area contributed by atoms with E-state index in [1.807, 2.05) is 91.0 Å². The molecule has 2 aromatic carbocycles. The molecule has 2 aromatic heterocycles. The minimum absolute atomic E-state index is 0.261. The molecule has 0 aliphatic rings. The summed E-state index contributed by atoms with van der Waals surface area (Å²) in [6.45, 7) is 0.112. The third-order valence-corrected chi connectivity index (χ3v) is 8.38. The molecule has 2 heterocycles. The molecule has 12 nitrogen and oxygen atoms in total. The summed E-state index contributed by atoms with van der Waals surface area (Å²) in [6, 6.07) is 28.5. The fraction of sp³-hybridized carbons (Fsp3) is 0.378. The molecule has 4 rings (SSSR count). The van der Waals surface area contributed by atoms with Crippen molar-refractivity contribution in [3.63, 3.8) is 0 Å². The quantitative estimate of drug-likeness (QED) is 0.0625. The predicted octanol–water partition coefficient (Wildman–Crippen LogP) is 2.67. The highest BCUT2D eigenvalue weighted by Crippen LogP contribution is 2.43. The molecule has 0 saturated carbocycles. The van der Waals surface area contributed by atoms with Gasteiger partial charge >= 0.3 is 0 Å². The number of benzene rings is 2. The fourth-order valence-corrected chi connectivity index (χ4v) is 5.66. The van der Waals surface area contributed by atoms with Crippen molar-refractivity contribution in [3.05, 3.63) is 120 Å². The number of hydrogen-bond donors (Lipinski definition) is 9. The van der Waals surface area contributed by atoms with Crippen LogP contribution in [0.5, 0.6) is 0 Å². The van der Waals surface area contributed by atoms with Crippen LogP contribution >= 0.6 is 0 Å². The van der Waals surface area contributed by atoms with Crippen molar-refractivity contribution in [2.75, 3.05) is 30.3 Å². The van der Waals surface area contributed by atoms with E-state index >= 15 is 0 Å². The molecule has 4 aromatic rings. The summed E-state index contributed by atoms with van der Waals surface area (Å²) >= 11 is 0. The number of aromatic nitrogens is 2. The van der Waals surface area contributed by atoms with Gasteiger partial charge in [-0.15, -0.1) is 0 Å². The number of carbonyl (C=O) groups is 1. The summed E-state index contributed by atoms with van der Waals surface area (Å²) in [6.07, 6.45) is -1.73. The minimum atomic E-state index is -1.94. The second-order valence-corrected chi connectivity index (χ2v) is 11.9. The van der Waals surface area contributed by atoms with Gasteiger partial charge in [0, 0.05) is 36.9 Å². The van der Waals surface area contributed by atoms with Gasteiger partial charge in [0.25, 0.3) is 5.91 Å². The summed E-state index contributed by atoms with van der Waals surface area (Å²) in [5.74, 6) is -0.687. The van der Waals surface area contributed by atoms with Crippen molar-refractivity contribution < 1.29 is 35.4 Å². The maximum Gasteiger partial charge on any atom is 0.251 e. The van der Waals surface area contributed by atoms with E-state index in [-0.39, 0.29) is 6.54 Å². The number of anilines is 2. The molecule has 0 radical (unpaired) electrons. The molecule has 0 aliphatic carbocycles. The number of amides is 1. The van der Waals surface area contributed by atoms with E-state index in [1.54, 1.807) is 12.4 Å². The van der Waals surface area contributed by atoms with Crippen LogP contribution < -0.4 is 16.0 Å². The first-order chi connectivity index (χ1) is 23.8. The van der Waals surface area contributed by atoms with Crippen LogP contribution in [0.15, 0.2) is 103 Å². The summed E-state index contributed by atoms with van der Waals surface area (Å²) < 4.78 is 0. The van der Waals surface area contributed by atoms with Crippen LogP contribution in [0.4, 0.5) is 11.5 Å². The van der Waals surface area contributed by atoms with Gasteiger partial charge in [-0.3, -0.25) is 9.78 Å². The van der Waals surface area contributed by atoms with Crippen LogP contribution in [0.3, 0.4) is 0 Å². The Morgan fingerprint density at radius 2 is 1.35 bits per heavy atom. The lowest BCUT2D eigenvalue weighted by Crippen LogP contribution is -2.51. The SMILES string of the molecule is O=C(NCCCCCCNc1ccccc1[C@@H](Nc1ccccn1)[C@H](c1ccccn1)[C@H](O)c1ccccc1)[C@H](O)[C@@H](O)[C@H](O)[C@H](O)CO. The fourth-order valence-electron chi connectivity index (χ4n) is 5.66. The predicted molar refractivity (Wildman–Crippen MR) is 187 cm³/mol. The van der Waals surface area contributed by atoms with Gasteiger partial charge in [0.2, 0.25) is 0 Å². The van der Waals surface area contributed by atoms with E-state index in [1.165, 1.54) is 0 Å². The first-order valence-electron chi connectivity index (χ1n) is 16.6. The summed E-state index contributed by atoms with van der Waals surface area (Å²) in [5, 5.41) is 69.5. The number of para-hydroxylation sites is 1. The number of nitrogens with zero attached hydrogens (tertiary/aromatic N) is 2.